The van der Waals surface area contributed by atoms with Crippen LogP contribution in [0.25, 0.3) is 0 Å². The van der Waals surface area contributed by atoms with Crippen LogP contribution >= 0.6 is 43.2 Å². The summed E-state index contributed by atoms with van der Waals surface area (Å²) in [5.41, 5.74) is 0.645. The van der Waals surface area contributed by atoms with Gasteiger partial charge in [0.1, 0.15) is 6.04 Å². The minimum absolute atomic E-state index is 0.148. The molecule has 6 nitrogen and oxygen atoms in total. The number of nitrogens with zero attached hydrogens (tertiary/aromatic N) is 1. The molecule has 0 bridgehead atoms. The zero-order valence-corrected chi connectivity index (χ0v) is 13.9. The third-order valence-corrected chi connectivity index (χ3v) is 5.71. The van der Waals surface area contributed by atoms with Crippen molar-refractivity contribution in [3.05, 3.63) is 37.4 Å². The van der Waals surface area contributed by atoms with E-state index in [4.69, 9.17) is 5.11 Å². The second kappa shape index (κ2) is 6.51. The lowest BCUT2D eigenvalue weighted by molar-refractivity contribution is -0.139. The number of hydrogen-bond donors (Lipinski definition) is 3. The second-order valence-electron chi connectivity index (χ2n) is 3.88. The minimum Gasteiger partial charge on any atom is -0.480 e. The van der Waals surface area contributed by atoms with Crippen LogP contribution in [-0.2, 0) is 11.2 Å². The number of rotatable bonds is 5. The van der Waals surface area contributed by atoms with E-state index in [1.165, 1.54) is 23.9 Å². The molecule has 2 rings (SSSR count). The summed E-state index contributed by atoms with van der Waals surface area (Å²) in [5, 5.41) is 11.7. The molecule has 1 atom stereocenters. The lowest BCUT2D eigenvalue weighted by Gasteiger charge is -2.12. The van der Waals surface area contributed by atoms with Gasteiger partial charge in [0.15, 0.2) is 0 Å². The van der Waals surface area contributed by atoms with Crippen molar-refractivity contribution in [2.75, 3.05) is 0 Å². The number of thiophene rings is 1. The Morgan fingerprint density at radius 1 is 1.50 bits per heavy atom. The molecule has 0 saturated heterocycles. The molecule has 1 amide bonds. The fraction of sp³-hybridized carbons (Fsp3) is 0.182. The van der Waals surface area contributed by atoms with Gasteiger partial charge in [-0.15, -0.1) is 11.3 Å². The van der Waals surface area contributed by atoms with Crippen molar-refractivity contribution in [2.24, 2.45) is 0 Å². The molecule has 2 aromatic rings. The molecular weight excluding hydrogens is 414 g/mol. The van der Waals surface area contributed by atoms with Gasteiger partial charge in [-0.2, -0.15) is 0 Å². The Balaban J connectivity index is 2.08. The summed E-state index contributed by atoms with van der Waals surface area (Å²) in [6, 6.07) is 0.627. The zero-order chi connectivity index (χ0) is 14.7. The fourth-order valence-corrected chi connectivity index (χ4v) is 3.44. The van der Waals surface area contributed by atoms with Crippen LogP contribution in [0.3, 0.4) is 0 Å². The van der Waals surface area contributed by atoms with Gasteiger partial charge >= 0.3 is 5.97 Å². The predicted molar refractivity (Wildman–Crippen MR) is 80.9 cm³/mol. The summed E-state index contributed by atoms with van der Waals surface area (Å²) in [5.74, 6) is -1.52. The quantitative estimate of drug-likeness (QED) is 0.689. The van der Waals surface area contributed by atoms with Crippen LogP contribution in [0.2, 0.25) is 0 Å². The number of halogens is 2. The van der Waals surface area contributed by atoms with Crippen molar-refractivity contribution in [2.45, 2.75) is 12.5 Å². The Morgan fingerprint density at radius 2 is 2.25 bits per heavy atom. The number of carbonyl (C=O) groups excluding carboxylic acids is 1. The van der Waals surface area contributed by atoms with E-state index in [1.807, 2.05) is 0 Å². The smallest absolute Gasteiger partial charge is 0.326 e. The Hall–Kier alpha value is -1.19. The molecule has 3 N–H and O–H groups in total. The fourth-order valence-electron chi connectivity index (χ4n) is 1.50. The van der Waals surface area contributed by atoms with Gasteiger partial charge in [-0.3, -0.25) is 4.79 Å². The van der Waals surface area contributed by atoms with E-state index in [1.54, 1.807) is 6.07 Å². The highest BCUT2D eigenvalue weighted by molar-refractivity contribution is 9.13. The molecule has 0 saturated carbocycles. The summed E-state index contributed by atoms with van der Waals surface area (Å²) in [6.07, 6.45) is 3.14. The predicted octanol–water partition coefficient (Wildman–Crippen LogP) is 2.42. The molecule has 9 heteroatoms. The average molecular weight is 423 g/mol. The molecule has 2 aromatic heterocycles. The highest BCUT2D eigenvalue weighted by Gasteiger charge is 2.23. The van der Waals surface area contributed by atoms with Crippen molar-refractivity contribution in [1.29, 1.82) is 0 Å². The molecule has 20 heavy (non-hydrogen) atoms. The number of carboxylic acid groups (broad SMARTS) is 1. The first-order valence-corrected chi connectivity index (χ1v) is 7.83. The van der Waals surface area contributed by atoms with Crippen molar-refractivity contribution >= 4 is 55.1 Å². The van der Waals surface area contributed by atoms with Crippen LogP contribution in [0, 0.1) is 0 Å². The molecule has 2 heterocycles. The number of aliphatic carboxylic acids is 1. The van der Waals surface area contributed by atoms with E-state index in [0.29, 0.717) is 10.6 Å². The molecule has 0 aliphatic rings. The molecular formula is C11H9Br2N3O3S. The SMILES string of the molecule is O=C(N[C@H](Cc1cnc[nH]1)C(=O)O)c1cc(Br)c(Br)s1. The van der Waals surface area contributed by atoms with Gasteiger partial charge in [0.25, 0.3) is 5.91 Å². The number of aromatic amines is 1. The van der Waals surface area contributed by atoms with E-state index in [0.717, 1.165) is 8.26 Å². The van der Waals surface area contributed by atoms with Crippen LogP contribution in [0.1, 0.15) is 15.4 Å². The first-order valence-electron chi connectivity index (χ1n) is 5.43. The average Bonchev–Trinajstić information content (AvgIpc) is 2.99. The third-order valence-electron chi connectivity index (χ3n) is 2.45. The van der Waals surface area contributed by atoms with Crippen LogP contribution in [0.5, 0.6) is 0 Å². The van der Waals surface area contributed by atoms with Crippen LogP contribution in [-0.4, -0.2) is 33.0 Å². The highest BCUT2D eigenvalue weighted by Crippen LogP contribution is 2.32. The van der Waals surface area contributed by atoms with Crippen molar-refractivity contribution < 1.29 is 14.7 Å². The second-order valence-corrected chi connectivity index (χ2v) is 7.10. The van der Waals surface area contributed by atoms with Crippen molar-refractivity contribution in [3.8, 4) is 0 Å². The van der Waals surface area contributed by atoms with E-state index >= 15 is 0 Å². The molecule has 0 aromatic carbocycles. The van der Waals surface area contributed by atoms with Gasteiger partial charge in [0, 0.05) is 22.8 Å². The summed E-state index contributed by atoms with van der Waals surface area (Å²) >= 11 is 7.80. The number of H-pyrrole nitrogens is 1. The van der Waals surface area contributed by atoms with Gasteiger partial charge in [-0.05, 0) is 37.9 Å². The maximum Gasteiger partial charge on any atom is 0.326 e. The van der Waals surface area contributed by atoms with E-state index < -0.39 is 17.9 Å². The van der Waals surface area contributed by atoms with Gasteiger partial charge in [0.05, 0.1) is 15.0 Å². The molecule has 106 valence electrons. The normalized spacial score (nSPS) is 12.1. The molecule has 0 unspecified atom stereocenters. The van der Waals surface area contributed by atoms with E-state index in [2.05, 4.69) is 47.1 Å². The number of amides is 1. The molecule has 0 fully saturated rings. The maximum absolute atomic E-state index is 12.0. The minimum atomic E-state index is -1.09. The standard InChI is InChI=1S/C11H9Br2N3O3S/c12-6-2-8(20-9(6)13)10(17)16-7(11(18)19)1-5-3-14-4-15-5/h2-4,7H,1H2,(H,14,15)(H,16,17)(H,18,19)/t7-/m1/s1. The number of imidazole rings is 1. The Morgan fingerprint density at radius 3 is 2.75 bits per heavy atom. The van der Waals surface area contributed by atoms with Crippen molar-refractivity contribution in [3.63, 3.8) is 0 Å². The molecule has 0 aliphatic heterocycles. The number of carbonyl (C=O) groups is 2. The highest BCUT2D eigenvalue weighted by atomic mass is 79.9. The van der Waals surface area contributed by atoms with Crippen LogP contribution in [0.15, 0.2) is 26.8 Å². The zero-order valence-electron chi connectivity index (χ0n) is 9.89. The number of nitrogens with one attached hydrogen (secondary N) is 2. The van der Waals surface area contributed by atoms with Gasteiger partial charge in [-0.1, -0.05) is 0 Å². The van der Waals surface area contributed by atoms with Gasteiger partial charge in [-0.25, -0.2) is 9.78 Å². The largest absolute Gasteiger partial charge is 0.480 e. The van der Waals surface area contributed by atoms with Crippen LogP contribution in [0.4, 0.5) is 0 Å². The van der Waals surface area contributed by atoms with Crippen LogP contribution < -0.4 is 5.32 Å². The Kier molecular flexibility index (Phi) is 4.95. The van der Waals surface area contributed by atoms with Gasteiger partial charge < -0.3 is 15.4 Å². The van der Waals surface area contributed by atoms with Gasteiger partial charge in [0.2, 0.25) is 0 Å². The topological polar surface area (TPSA) is 95.1 Å². The van der Waals surface area contributed by atoms with E-state index in [-0.39, 0.29) is 6.42 Å². The van der Waals surface area contributed by atoms with Crippen molar-refractivity contribution in [1.82, 2.24) is 15.3 Å². The summed E-state index contributed by atoms with van der Waals surface area (Å²) in [4.78, 5) is 30.3. The number of hydrogen-bond acceptors (Lipinski definition) is 4. The monoisotopic (exact) mass is 421 g/mol. The summed E-state index contributed by atoms with van der Waals surface area (Å²) in [6.45, 7) is 0. The third kappa shape index (κ3) is 3.68. The first-order chi connectivity index (χ1) is 9.47. The summed E-state index contributed by atoms with van der Waals surface area (Å²) < 4.78 is 1.54. The molecule has 0 radical (unpaired) electrons. The Bertz CT molecular complexity index is 607. The lowest BCUT2D eigenvalue weighted by atomic mass is 10.1. The number of aromatic nitrogens is 2. The van der Waals surface area contributed by atoms with E-state index in [9.17, 15) is 9.59 Å². The molecule has 0 aliphatic carbocycles. The lowest BCUT2D eigenvalue weighted by Crippen LogP contribution is -2.42. The summed E-state index contributed by atoms with van der Waals surface area (Å²) in [7, 11) is 0. The molecule has 0 spiro atoms. The number of carboxylic acids is 1. The first kappa shape index (κ1) is 15.2. The Labute approximate surface area is 134 Å². The maximum atomic E-state index is 12.0.